The maximum Gasteiger partial charge on any atom is 0.352 e. The summed E-state index contributed by atoms with van der Waals surface area (Å²) >= 11 is 3.28. The first kappa shape index (κ1) is 11.3. The number of carbonyl (C=O) groups is 1. The van der Waals surface area contributed by atoms with Gasteiger partial charge in [-0.15, -0.1) is 0 Å². The molecule has 0 saturated heterocycles. The molecule has 1 aromatic heterocycles. The number of nitrogens with zero attached hydrogens (tertiary/aromatic N) is 1. The third kappa shape index (κ3) is 2.87. The largest absolute Gasteiger partial charge is 0.477 e. The molecule has 0 aliphatic heterocycles. The minimum absolute atomic E-state index is 0.355. The molecule has 0 spiro atoms. The number of unbranched alkanes of at least 4 members (excludes halogenated alkanes) is 2. The Morgan fingerprint density at radius 1 is 1.57 bits per heavy atom. The van der Waals surface area contributed by atoms with Gasteiger partial charge in [0.05, 0.1) is 0 Å². The van der Waals surface area contributed by atoms with Crippen molar-refractivity contribution in [1.29, 1.82) is 0 Å². The Labute approximate surface area is 91.9 Å². The molecule has 0 aliphatic carbocycles. The zero-order chi connectivity index (χ0) is 10.6. The summed E-state index contributed by atoms with van der Waals surface area (Å²) in [6.45, 7) is 2.91. The van der Waals surface area contributed by atoms with Gasteiger partial charge in [0.1, 0.15) is 5.69 Å². The fourth-order valence-electron chi connectivity index (χ4n) is 1.37. The summed E-state index contributed by atoms with van der Waals surface area (Å²) < 4.78 is 2.61. The fraction of sp³-hybridized carbons (Fsp3) is 0.500. The highest BCUT2D eigenvalue weighted by Gasteiger charge is 2.10. The van der Waals surface area contributed by atoms with E-state index in [0.29, 0.717) is 5.69 Å². The van der Waals surface area contributed by atoms with Gasteiger partial charge >= 0.3 is 5.97 Å². The normalized spacial score (nSPS) is 10.4. The summed E-state index contributed by atoms with van der Waals surface area (Å²) in [5.74, 6) is -0.868. The van der Waals surface area contributed by atoms with Crippen molar-refractivity contribution in [3.8, 4) is 0 Å². The van der Waals surface area contributed by atoms with E-state index in [1.54, 1.807) is 10.6 Å². The molecule has 3 nitrogen and oxygen atoms in total. The number of rotatable bonds is 5. The fourth-order valence-corrected chi connectivity index (χ4v) is 1.83. The lowest BCUT2D eigenvalue weighted by atomic mass is 10.2. The van der Waals surface area contributed by atoms with Crippen molar-refractivity contribution < 1.29 is 9.90 Å². The molecule has 0 radical (unpaired) electrons. The molecule has 0 unspecified atom stereocenters. The number of hydrogen-bond acceptors (Lipinski definition) is 1. The third-order valence-corrected chi connectivity index (χ3v) is 2.52. The van der Waals surface area contributed by atoms with Gasteiger partial charge in [-0.25, -0.2) is 4.79 Å². The Morgan fingerprint density at radius 3 is 2.86 bits per heavy atom. The Morgan fingerprint density at radius 2 is 2.29 bits per heavy atom. The van der Waals surface area contributed by atoms with Crippen LogP contribution in [0.1, 0.15) is 36.7 Å². The SMILES string of the molecule is CCCCCn1cc(Br)cc1C(=O)O. The monoisotopic (exact) mass is 259 g/mol. The van der Waals surface area contributed by atoms with Gasteiger partial charge < -0.3 is 9.67 Å². The van der Waals surface area contributed by atoms with Gasteiger partial charge in [-0.3, -0.25) is 0 Å². The lowest BCUT2D eigenvalue weighted by Gasteiger charge is -2.04. The molecule has 1 aromatic rings. The second-order valence-electron chi connectivity index (χ2n) is 3.25. The number of aryl methyl sites for hydroxylation is 1. The van der Waals surface area contributed by atoms with Gasteiger partial charge in [0.15, 0.2) is 0 Å². The first-order valence-electron chi connectivity index (χ1n) is 4.74. The van der Waals surface area contributed by atoms with E-state index in [1.165, 1.54) is 0 Å². The number of carboxylic acids is 1. The van der Waals surface area contributed by atoms with E-state index >= 15 is 0 Å². The van der Waals surface area contributed by atoms with Gasteiger partial charge in [0, 0.05) is 17.2 Å². The molecule has 0 atom stereocenters. The predicted molar refractivity (Wildman–Crippen MR) is 58.6 cm³/mol. The van der Waals surface area contributed by atoms with Crippen LogP contribution in [0.4, 0.5) is 0 Å². The van der Waals surface area contributed by atoms with Gasteiger partial charge in [-0.05, 0) is 28.4 Å². The smallest absolute Gasteiger partial charge is 0.352 e. The zero-order valence-electron chi connectivity index (χ0n) is 8.16. The van der Waals surface area contributed by atoms with E-state index in [2.05, 4.69) is 22.9 Å². The number of carboxylic acid groups (broad SMARTS) is 1. The van der Waals surface area contributed by atoms with E-state index in [1.807, 2.05) is 6.20 Å². The molecule has 1 rings (SSSR count). The van der Waals surface area contributed by atoms with Gasteiger partial charge in [-0.1, -0.05) is 19.8 Å². The van der Waals surface area contributed by atoms with Gasteiger partial charge in [0.2, 0.25) is 0 Å². The summed E-state index contributed by atoms with van der Waals surface area (Å²) in [4.78, 5) is 10.8. The Balaban J connectivity index is 2.69. The van der Waals surface area contributed by atoms with E-state index < -0.39 is 5.97 Å². The molecular weight excluding hydrogens is 246 g/mol. The van der Waals surface area contributed by atoms with Crippen LogP contribution in [-0.4, -0.2) is 15.6 Å². The molecule has 0 bridgehead atoms. The van der Waals surface area contributed by atoms with Crippen molar-refractivity contribution in [3.63, 3.8) is 0 Å². The highest BCUT2D eigenvalue weighted by atomic mass is 79.9. The van der Waals surface area contributed by atoms with Gasteiger partial charge in [0.25, 0.3) is 0 Å². The molecule has 1 N–H and O–H groups in total. The zero-order valence-corrected chi connectivity index (χ0v) is 9.75. The Hall–Kier alpha value is -0.770. The highest BCUT2D eigenvalue weighted by Crippen LogP contribution is 2.16. The van der Waals surface area contributed by atoms with Crippen molar-refractivity contribution in [2.75, 3.05) is 0 Å². The molecule has 0 saturated carbocycles. The Bertz CT molecular complexity index is 320. The second-order valence-corrected chi connectivity index (χ2v) is 4.16. The maximum absolute atomic E-state index is 10.8. The topological polar surface area (TPSA) is 42.2 Å². The summed E-state index contributed by atoms with van der Waals surface area (Å²) in [7, 11) is 0. The molecular formula is C10H14BrNO2. The molecule has 78 valence electrons. The first-order valence-corrected chi connectivity index (χ1v) is 5.53. The molecule has 0 amide bonds. The lowest BCUT2D eigenvalue weighted by molar-refractivity contribution is 0.0685. The first-order chi connectivity index (χ1) is 6.65. The average Bonchev–Trinajstić information content (AvgIpc) is 2.47. The van der Waals surface area contributed by atoms with Crippen LogP contribution in [0.5, 0.6) is 0 Å². The van der Waals surface area contributed by atoms with Crippen LogP contribution in [0.25, 0.3) is 0 Å². The van der Waals surface area contributed by atoms with E-state index in [4.69, 9.17) is 5.11 Å². The number of aromatic carboxylic acids is 1. The van der Waals surface area contributed by atoms with Crippen LogP contribution in [0.15, 0.2) is 16.7 Å². The number of hydrogen-bond donors (Lipinski definition) is 1. The van der Waals surface area contributed by atoms with Crippen molar-refractivity contribution in [3.05, 3.63) is 22.4 Å². The minimum atomic E-state index is -0.868. The standard InChI is InChI=1S/C10H14BrNO2/c1-2-3-4-5-12-7-8(11)6-9(12)10(13)14/h6-7H,2-5H2,1H3,(H,13,14). The van der Waals surface area contributed by atoms with E-state index in [-0.39, 0.29) is 0 Å². The third-order valence-electron chi connectivity index (χ3n) is 2.08. The Kier molecular flexibility index (Phi) is 4.20. The molecule has 1 heterocycles. The predicted octanol–water partition coefficient (Wildman–Crippen LogP) is 3.14. The van der Waals surface area contributed by atoms with Crippen LogP contribution >= 0.6 is 15.9 Å². The van der Waals surface area contributed by atoms with Crippen molar-refractivity contribution >= 4 is 21.9 Å². The maximum atomic E-state index is 10.8. The van der Waals surface area contributed by atoms with E-state index in [9.17, 15) is 4.79 Å². The second kappa shape index (κ2) is 5.20. The summed E-state index contributed by atoms with van der Waals surface area (Å²) in [5.41, 5.74) is 0.355. The van der Waals surface area contributed by atoms with Crippen LogP contribution < -0.4 is 0 Å². The molecule has 0 aliphatic rings. The summed E-state index contributed by atoms with van der Waals surface area (Å²) in [5, 5.41) is 8.89. The molecule has 0 fully saturated rings. The molecule has 14 heavy (non-hydrogen) atoms. The van der Waals surface area contributed by atoms with Crippen LogP contribution in [-0.2, 0) is 6.54 Å². The average molecular weight is 260 g/mol. The summed E-state index contributed by atoms with van der Waals surface area (Å²) in [6.07, 6.45) is 5.12. The van der Waals surface area contributed by atoms with Crippen molar-refractivity contribution in [2.24, 2.45) is 0 Å². The van der Waals surface area contributed by atoms with Crippen LogP contribution in [0, 0.1) is 0 Å². The van der Waals surface area contributed by atoms with Crippen molar-refractivity contribution in [2.45, 2.75) is 32.7 Å². The lowest BCUT2D eigenvalue weighted by Crippen LogP contribution is -2.07. The number of halogens is 1. The van der Waals surface area contributed by atoms with Crippen LogP contribution in [0.3, 0.4) is 0 Å². The van der Waals surface area contributed by atoms with Crippen molar-refractivity contribution in [1.82, 2.24) is 4.57 Å². The number of aromatic nitrogens is 1. The summed E-state index contributed by atoms with van der Waals surface area (Å²) in [6, 6.07) is 1.63. The molecule has 4 heteroatoms. The highest BCUT2D eigenvalue weighted by molar-refractivity contribution is 9.10. The minimum Gasteiger partial charge on any atom is -0.477 e. The quantitative estimate of drug-likeness (QED) is 0.826. The van der Waals surface area contributed by atoms with Crippen LogP contribution in [0.2, 0.25) is 0 Å². The van der Waals surface area contributed by atoms with Gasteiger partial charge in [-0.2, -0.15) is 0 Å². The van der Waals surface area contributed by atoms with E-state index in [0.717, 1.165) is 30.3 Å². The molecule has 0 aromatic carbocycles.